The number of benzene rings is 1. The third kappa shape index (κ3) is 2.56. The zero-order valence-electron chi connectivity index (χ0n) is 7.35. The molecule has 0 aliphatic rings. The van der Waals surface area contributed by atoms with Gasteiger partial charge in [-0.2, -0.15) is 9.64 Å². The average Bonchev–Trinajstić information content (AvgIpc) is 2.71. The van der Waals surface area contributed by atoms with E-state index in [-0.39, 0.29) is 0 Å². The average molecular weight is 298 g/mol. The Balaban J connectivity index is 2.24. The molecule has 0 radical (unpaired) electrons. The second-order valence-electron chi connectivity index (χ2n) is 2.56. The van der Waals surface area contributed by atoms with Crippen LogP contribution in [-0.4, -0.2) is 9.36 Å². The van der Waals surface area contributed by atoms with Gasteiger partial charge in [-0.15, -0.1) is 0 Å². The number of nitriles is 1. The van der Waals surface area contributed by atoms with E-state index in [0.29, 0.717) is 5.56 Å². The van der Waals surface area contributed by atoms with Crippen LogP contribution in [0, 0.1) is 11.3 Å². The van der Waals surface area contributed by atoms with Crippen molar-refractivity contribution < 1.29 is 0 Å². The largest absolute Gasteiger partial charge is 0.216 e. The van der Waals surface area contributed by atoms with E-state index in [1.54, 1.807) is 6.07 Å². The zero-order valence-corrected chi connectivity index (χ0v) is 10.6. The monoisotopic (exact) mass is 297 g/mol. The van der Waals surface area contributed by atoms with Gasteiger partial charge >= 0.3 is 0 Å². The summed E-state index contributed by atoms with van der Waals surface area (Å²) in [5, 5.41) is 8.76. The van der Waals surface area contributed by atoms with Gasteiger partial charge in [0, 0.05) is 9.37 Å². The Morgan fingerprint density at radius 2 is 2.33 bits per heavy atom. The lowest BCUT2D eigenvalue weighted by molar-refractivity contribution is 1.21. The van der Waals surface area contributed by atoms with E-state index in [2.05, 4.69) is 31.4 Å². The molecule has 15 heavy (non-hydrogen) atoms. The fraction of sp³-hybridized carbons (Fsp3) is 0. The molecule has 0 bridgehead atoms. The summed E-state index contributed by atoms with van der Waals surface area (Å²) in [5.41, 5.74) is 0.636. The molecule has 0 amide bonds. The fourth-order valence-electron chi connectivity index (χ4n) is 0.959. The highest BCUT2D eigenvalue weighted by Crippen LogP contribution is 2.30. The first-order chi connectivity index (χ1) is 7.29. The van der Waals surface area contributed by atoms with E-state index >= 15 is 0 Å². The lowest BCUT2D eigenvalue weighted by Crippen LogP contribution is -1.78. The molecule has 2 aromatic rings. The zero-order chi connectivity index (χ0) is 10.7. The molecule has 74 valence electrons. The molecule has 0 N–H and O–H groups in total. The maximum atomic E-state index is 8.76. The summed E-state index contributed by atoms with van der Waals surface area (Å²) < 4.78 is 5.62. The van der Waals surface area contributed by atoms with Crippen LogP contribution in [0.25, 0.3) is 0 Å². The minimum atomic E-state index is 0.636. The summed E-state index contributed by atoms with van der Waals surface area (Å²) in [6.07, 6.45) is 1.53. The van der Waals surface area contributed by atoms with Crippen LogP contribution in [0.5, 0.6) is 0 Å². The van der Waals surface area contributed by atoms with Gasteiger partial charge in [-0.1, -0.05) is 11.8 Å². The Kier molecular flexibility index (Phi) is 3.36. The van der Waals surface area contributed by atoms with Gasteiger partial charge in [-0.05, 0) is 45.7 Å². The van der Waals surface area contributed by atoms with E-state index in [9.17, 15) is 0 Å². The molecule has 0 aliphatic carbocycles. The topological polar surface area (TPSA) is 49.6 Å². The molecule has 3 nitrogen and oxygen atoms in total. The van der Waals surface area contributed by atoms with Crippen LogP contribution in [0.4, 0.5) is 0 Å². The van der Waals surface area contributed by atoms with Crippen molar-refractivity contribution in [3.63, 3.8) is 0 Å². The van der Waals surface area contributed by atoms with Gasteiger partial charge in [0.25, 0.3) is 0 Å². The first-order valence-electron chi connectivity index (χ1n) is 3.94. The van der Waals surface area contributed by atoms with Gasteiger partial charge in [-0.25, -0.2) is 4.98 Å². The Hall–Kier alpha value is -0.900. The Labute approximate surface area is 103 Å². The van der Waals surface area contributed by atoms with E-state index in [0.717, 1.165) is 13.7 Å². The Bertz CT molecular complexity index is 505. The van der Waals surface area contributed by atoms with Gasteiger partial charge in [0.2, 0.25) is 0 Å². The Morgan fingerprint density at radius 3 is 2.93 bits per heavy atom. The number of hydrogen-bond acceptors (Lipinski definition) is 5. The van der Waals surface area contributed by atoms with Crippen molar-refractivity contribution in [2.24, 2.45) is 0 Å². The molecule has 0 saturated heterocycles. The lowest BCUT2D eigenvalue weighted by atomic mass is 10.2. The van der Waals surface area contributed by atoms with Crippen molar-refractivity contribution in [2.45, 2.75) is 9.24 Å². The smallest absolute Gasteiger partial charge is 0.174 e. The van der Waals surface area contributed by atoms with Crippen molar-refractivity contribution in [3.8, 4) is 6.07 Å². The molecule has 0 aliphatic heterocycles. The fourth-order valence-corrected chi connectivity index (χ4v) is 3.04. The van der Waals surface area contributed by atoms with Crippen molar-refractivity contribution in [2.75, 3.05) is 0 Å². The summed E-state index contributed by atoms with van der Waals surface area (Å²) >= 11 is 6.23. The first-order valence-corrected chi connectivity index (χ1v) is 6.32. The SMILES string of the molecule is N#Cc1ccc(Sc2ncns2)cc1Br. The number of halogens is 1. The molecule has 0 unspecified atom stereocenters. The molecule has 1 aromatic heterocycles. The number of aromatic nitrogens is 2. The van der Waals surface area contributed by atoms with Crippen LogP contribution in [-0.2, 0) is 0 Å². The van der Waals surface area contributed by atoms with Crippen molar-refractivity contribution in [3.05, 3.63) is 34.6 Å². The highest BCUT2D eigenvalue weighted by Gasteiger charge is 2.04. The number of hydrogen-bond donors (Lipinski definition) is 0. The summed E-state index contributed by atoms with van der Waals surface area (Å²) in [4.78, 5) is 5.11. The van der Waals surface area contributed by atoms with Gasteiger partial charge in [0.1, 0.15) is 12.4 Å². The van der Waals surface area contributed by atoms with Crippen molar-refractivity contribution >= 4 is 39.2 Å². The van der Waals surface area contributed by atoms with Gasteiger partial charge in [-0.3, -0.25) is 0 Å². The summed E-state index contributed by atoms with van der Waals surface area (Å²) in [7, 11) is 0. The standard InChI is InChI=1S/C9H4BrN3S2/c10-8-3-7(2-1-6(8)4-11)14-9-12-5-13-15-9/h1-3,5H. The molecule has 0 atom stereocenters. The van der Waals surface area contributed by atoms with Gasteiger partial charge < -0.3 is 0 Å². The number of rotatable bonds is 2. The van der Waals surface area contributed by atoms with Crippen molar-refractivity contribution in [1.82, 2.24) is 9.36 Å². The minimum absolute atomic E-state index is 0.636. The normalized spacial score (nSPS) is 9.87. The maximum Gasteiger partial charge on any atom is 0.174 e. The summed E-state index contributed by atoms with van der Waals surface area (Å²) in [5.74, 6) is 0. The van der Waals surface area contributed by atoms with E-state index in [1.165, 1.54) is 29.6 Å². The van der Waals surface area contributed by atoms with E-state index < -0.39 is 0 Å². The minimum Gasteiger partial charge on any atom is -0.216 e. The molecule has 6 heteroatoms. The second kappa shape index (κ2) is 4.75. The highest BCUT2D eigenvalue weighted by atomic mass is 79.9. The third-order valence-electron chi connectivity index (χ3n) is 1.61. The van der Waals surface area contributed by atoms with Crippen LogP contribution in [0.2, 0.25) is 0 Å². The summed E-state index contributed by atoms with van der Waals surface area (Å²) in [6.45, 7) is 0. The molecule has 0 saturated carbocycles. The van der Waals surface area contributed by atoms with Crippen LogP contribution < -0.4 is 0 Å². The Morgan fingerprint density at radius 1 is 1.47 bits per heavy atom. The predicted octanol–water partition coefficient (Wildman–Crippen LogP) is 3.32. The quantitative estimate of drug-likeness (QED) is 0.853. The molecule has 0 fully saturated rings. The van der Waals surface area contributed by atoms with Crippen LogP contribution >= 0.6 is 39.2 Å². The van der Waals surface area contributed by atoms with E-state index in [4.69, 9.17) is 5.26 Å². The van der Waals surface area contributed by atoms with Crippen molar-refractivity contribution in [1.29, 1.82) is 5.26 Å². The summed E-state index contributed by atoms with van der Waals surface area (Å²) in [6, 6.07) is 7.69. The molecular weight excluding hydrogens is 294 g/mol. The predicted molar refractivity (Wildman–Crippen MR) is 62.9 cm³/mol. The molecule has 0 spiro atoms. The van der Waals surface area contributed by atoms with Gasteiger partial charge in [0.05, 0.1) is 5.56 Å². The van der Waals surface area contributed by atoms with Crippen LogP contribution in [0.3, 0.4) is 0 Å². The van der Waals surface area contributed by atoms with E-state index in [1.807, 2.05) is 12.1 Å². The second-order valence-corrected chi connectivity index (χ2v) is 5.52. The molecule has 1 heterocycles. The number of nitrogens with zero attached hydrogens (tertiary/aromatic N) is 3. The lowest BCUT2D eigenvalue weighted by Gasteiger charge is -1.99. The van der Waals surface area contributed by atoms with Crippen LogP contribution in [0.15, 0.2) is 38.2 Å². The molecular formula is C9H4BrN3S2. The molecule has 2 rings (SSSR count). The highest BCUT2D eigenvalue weighted by molar-refractivity contribution is 9.10. The molecule has 1 aromatic carbocycles. The van der Waals surface area contributed by atoms with Crippen LogP contribution in [0.1, 0.15) is 5.56 Å². The maximum absolute atomic E-state index is 8.76. The third-order valence-corrected chi connectivity index (χ3v) is 3.97. The van der Waals surface area contributed by atoms with Gasteiger partial charge in [0.15, 0.2) is 4.34 Å². The first kappa shape index (κ1) is 10.6.